The smallest absolute Gasteiger partial charge is 0.320 e. The topological polar surface area (TPSA) is 129 Å². The highest BCUT2D eigenvalue weighted by atomic mass is 32.2. The summed E-state index contributed by atoms with van der Waals surface area (Å²) in [7, 11) is -0.490. The largest absolute Gasteiger partial charge is 0.493 e. The number of hydrogen-bond acceptors (Lipinski definition) is 10. The Morgan fingerprint density at radius 2 is 1.73 bits per heavy atom. The molecule has 2 aliphatic rings. The Kier molecular flexibility index (Phi) is 11.8. The van der Waals surface area contributed by atoms with Crippen LogP contribution in [0, 0.1) is 11.3 Å². The van der Waals surface area contributed by atoms with Crippen molar-refractivity contribution < 1.29 is 32.0 Å². The number of allylic oxidation sites excluding steroid dienone is 1. The number of piperidine rings is 2. The number of ether oxygens (including phenoxy) is 3. The molecule has 10 nitrogen and oxygen atoms in total. The second-order valence-corrected chi connectivity index (χ2v) is 12.2. The average molecular weight is 592 g/mol. The molecule has 12 heteroatoms. The summed E-state index contributed by atoms with van der Waals surface area (Å²) in [5.74, 6) is 1.14. The number of likely N-dealkylation sites (tertiary alicyclic amines) is 1. The third kappa shape index (κ3) is 10.1. The molecular weight excluding hydrogens is 554 g/mol. The predicted molar refractivity (Wildman–Crippen MR) is 156 cm³/mol. The van der Waals surface area contributed by atoms with Gasteiger partial charge < -0.3 is 19.1 Å². The monoisotopic (exact) mass is 591 g/mol. The lowest BCUT2D eigenvalue weighted by Gasteiger charge is -2.33. The van der Waals surface area contributed by atoms with Crippen LogP contribution in [0.1, 0.15) is 42.5 Å². The zero-order valence-corrected chi connectivity index (χ0v) is 24.8. The van der Waals surface area contributed by atoms with Gasteiger partial charge >= 0.3 is 5.97 Å². The Hall–Kier alpha value is -3.11. The summed E-state index contributed by atoms with van der Waals surface area (Å²) in [6, 6.07) is 11.9. The van der Waals surface area contributed by atoms with Gasteiger partial charge in [-0.25, -0.2) is 0 Å². The third-order valence-corrected chi connectivity index (χ3v) is 7.66. The lowest BCUT2D eigenvalue weighted by molar-refractivity contribution is -0.151. The van der Waals surface area contributed by atoms with Crippen LogP contribution in [0.2, 0.25) is 0 Å². The maximum Gasteiger partial charge on any atom is 0.320 e. The number of carbonyl (C=O) groups is 1. The molecule has 4 rings (SSSR count). The summed E-state index contributed by atoms with van der Waals surface area (Å²) >= 11 is 1.66. The van der Waals surface area contributed by atoms with Crippen LogP contribution < -0.4 is 14.4 Å². The van der Waals surface area contributed by atoms with Gasteiger partial charge in [-0.2, -0.15) is 13.7 Å². The number of hydrogen-bond donors (Lipinski definition) is 1. The molecule has 0 amide bonds. The number of thiophene rings is 1. The Balaban J connectivity index is 0.000000810. The molecule has 0 bridgehead atoms. The Morgan fingerprint density at radius 3 is 2.33 bits per heavy atom. The Bertz CT molecular complexity index is 1300. The summed E-state index contributed by atoms with van der Waals surface area (Å²) in [6.45, 7) is 4.13. The fourth-order valence-corrected chi connectivity index (χ4v) is 5.64. The van der Waals surface area contributed by atoms with E-state index in [0.717, 1.165) is 49.5 Å². The van der Waals surface area contributed by atoms with Crippen LogP contribution in [0.4, 0.5) is 5.00 Å². The van der Waals surface area contributed by atoms with Gasteiger partial charge in [0.25, 0.3) is 10.1 Å². The summed E-state index contributed by atoms with van der Waals surface area (Å²) in [6.07, 6.45) is 7.91. The van der Waals surface area contributed by atoms with Gasteiger partial charge in [-0.15, -0.1) is 11.3 Å². The van der Waals surface area contributed by atoms with Crippen molar-refractivity contribution in [3.05, 3.63) is 40.8 Å². The van der Waals surface area contributed by atoms with Crippen LogP contribution >= 0.6 is 11.3 Å². The quantitative estimate of drug-likeness (QED) is 0.269. The van der Waals surface area contributed by atoms with Gasteiger partial charge in [-0.1, -0.05) is 6.42 Å². The van der Waals surface area contributed by atoms with E-state index in [2.05, 4.69) is 21.9 Å². The maximum atomic E-state index is 12.3. The van der Waals surface area contributed by atoms with Gasteiger partial charge in [0.2, 0.25) is 0 Å². The van der Waals surface area contributed by atoms with E-state index in [9.17, 15) is 18.5 Å². The highest BCUT2D eigenvalue weighted by molar-refractivity contribution is 7.85. The van der Waals surface area contributed by atoms with Crippen molar-refractivity contribution in [2.45, 2.75) is 38.2 Å². The molecule has 1 aromatic carbocycles. The van der Waals surface area contributed by atoms with Crippen molar-refractivity contribution in [3.8, 4) is 17.6 Å². The molecule has 0 saturated carbocycles. The second kappa shape index (κ2) is 15.0. The summed E-state index contributed by atoms with van der Waals surface area (Å²) in [4.78, 5) is 17.9. The van der Waals surface area contributed by atoms with Crippen molar-refractivity contribution in [3.63, 3.8) is 0 Å². The van der Waals surface area contributed by atoms with Crippen molar-refractivity contribution in [2.24, 2.45) is 0 Å². The molecule has 0 radical (unpaired) electrons. The van der Waals surface area contributed by atoms with Crippen molar-refractivity contribution in [1.82, 2.24) is 4.90 Å². The van der Waals surface area contributed by atoms with E-state index in [-0.39, 0.29) is 12.1 Å². The molecule has 0 atom stereocenters. The van der Waals surface area contributed by atoms with Gasteiger partial charge in [-0.05, 0) is 67.9 Å². The lowest BCUT2D eigenvalue weighted by atomic mass is 10.1. The molecule has 0 unspecified atom stereocenters. The number of esters is 1. The molecule has 2 fully saturated rings. The van der Waals surface area contributed by atoms with E-state index >= 15 is 0 Å². The molecular formula is C28H37N3O7S2. The number of anilines is 1. The third-order valence-electron chi connectivity index (χ3n) is 6.57. The molecule has 40 heavy (non-hydrogen) atoms. The van der Waals surface area contributed by atoms with Crippen molar-refractivity contribution >= 4 is 44.1 Å². The minimum absolute atomic E-state index is 0.00175. The SMILES string of the molecule is COc1ccc(/C(C#N)=C/c2ccc(N3CCC(OC(=O)CN4CCCCC4)CC3)s2)cc1OC.CS(=O)(=O)O. The van der Waals surface area contributed by atoms with Gasteiger partial charge in [0.15, 0.2) is 11.5 Å². The van der Waals surface area contributed by atoms with Gasteiger partial charge in [0.05, 0.1) is 43.7 Å². The first-order valence-electron chi connectivity index (χ1n) is 13.1. The molecule has 2 saturated heterocycles. The normalized spacial score (nSPS) is 16.9. The molecule has 1 aromatic heterocycles. The van der Waals surface area contributed by atoms with E-state index in [4.69, 9.17) is 18.8 Å². The molecule has 2 aromatic rings. The van der Waals surface area contributed by atoms with E-state index in [1.165, 1.54) is 24.3 Å². The molecule has 218 valence electrons. The average Bonchev–Trinajstić information content (AvgIpc) is 3.40. The van der Waals surface area contributed by atoms with Crippen LogP contribution in [0.15, 0.2) is 30.3 Å². The number of nitriles is 1. The molecule has 1 N–H and O–H groups in total. The second-order valence-electron chi connectivity index (χ2n) is 9.66. The number of benzene rings is 1. The number of carbonyl (C=O) groups excluding carboxylic acids is 1. The summed E-state index contributed by atoms with van der Waals surface area (Å²) < 4.78 is 42.3. The van der Waals surface area contributed by atoms with Gasteiger partial charge in [0, 0.05) is 30.8 Å². The fourth-order valence-electron chi connectivity index (χ4n) is 4.63. The van der Waals surface area contributed by atoms with E-state index < -0.39 is 10.1 Å². The first-order chi connectivity index (χ1) is 19.1. The van der Waals surface area contributed by atoms with E-state index in [0.29, 0.717) is 29.9 Å². The molecule has 0 spiro atoms. The fraction of sp³-hybridized carbons (Fsp3) is 0.500. The van der Waals surface area contributed by atoms with Crippen molar-refractivity contribution in [2.75, 3.05) is 58.1 Å². The first-order valence-corrected chi connectivity index (χ1v) is 15.8. The van der Waals surface area contributed by atoms with E-state index in [1.54, 1.807) is 25.6 Å². The van der Waals surface area contributed by atoms with Crippen LogP contribution in [0.3, 0.4) is 0 Å². The maximum absolute atomic E-state index is 12.3. The Labute approximate surface area is 240 Å². The van der Waals surface area contributed by atoms with Crippen LogP contribution in [0.5, 0.6) is 11.5 Å². The summed E-state index contributed by atoms with van der Waals surface area (Å²) in [5.41, 5.74) is 1.35. The standard InChI is InChI=1S/C27H33N3O4S.CH4O3S/c1-32-24-8-6-20(17-25(24)33-2)21(18-28)16-23-7-9-26(35-23)30-14-10-22(11-15-30)34-27(31)19-29-12-4-3-5-13-29;1-5(2,3)4/h6-9,16-17,22H,3-5,10-15,19H2,1-2H3;1H3,(H,2,3,4)/b21-16+;. The first kappa shape index (κ1) is 31.4. The van der Waals surface area contributed by atoms with Gasteiger partial charge in [-0.3, -0.25) is 14.2 Å². The zero-order chi connectivity index (χ0) is 29.1. The number of methoxy groups -OCH3 is 2. The van der Waals surface area contributed by atoms with Crippen LogP contribution in [-0.4, -0.2) is 83.1 Å². The molecule has 3 heterocycles. The predicted octanol–water partition coefficient (Wildman–Crippen LogP) is 4.33. The molecule has 0 aliphatic carbocycles. The van der Waals surface area contributed by atoms with Crippen LogP contribution in [-0.2, 0) is 19.6 Å². The highest BCUT2D eigenvalue weighted by Crippen LogP contribution is 2.34. The number of rotatable bonds is 8. The van der Waals surface area contributed by atoms with Crippen molar-refractivity contribution in [1.29, 1.82) is 5.26 Å². The Morgan fingerprint density at radius 1 is 1.07 bits per heavy atom. The minimum atomic E-state index is -3.67. The van der Waals surface area contributed by atoms with E-state index in [1.807, 2.05) is 30.3 Å². The van der Waals surface area contributed by atoms with Gasteiger partial charge in [0.1, 0.15) is 6.10 Å². The van der Waals surface area contributed by atoms with Crippen LogP contribution in [0.25, 0.3) is 11.6 Å². The lowest BCUT2D eigenvalue weighted by Crippen LogP contribution is -2.40. The zero-order valence-electron chi connectivity index (χ0n) is 23.2. The minimum Gasteiger partial charge on any atom is -0.493 e. The molecule has 2 aliphatic heterocycles. The highest BCUT2D eigenvalue weighted by Gasteiger charge is 2.24. The number of nitrogens with zero attached hydrogens (tertiary/aromatic N) is 3. The summed E-state index contributed by atoms with van der Waals surface area (Å²) in [5, 5.41) is 10.9.